The number of hydrogen-bond donors (Lipinski definition) is 2. The number of benzene rings is 1. The van der Waals surface area contributed by atoms with Gasteiger partial charge in [0.1, 0.15) is 4.90 Å². The molecule has 0 amide bonds. The average molecular weight is 294 g/mol. The van der Waals surface area contributed by atoms with Crippen molar-refractivity contribution in [1.82, 2.24) is 19.8 Å². The monoisotopic (exact) mass is 294 g/mol. The van der Waals surface area contributed by atoms with Crippen molar-refractivity contribution in [3.8, 4) is 0 Å². The second-order valence-corrected chi connectivity index (χ2v) is 6.44. The van der Waals surface area contributed by atoms with Gasteiger partial charge in [0, 0.05) is 18.8 Å². The predicted molar refractivity (Wildman–Crippen MR) is 76.6 cm³/mol. The molecule has 0 aliphatic rings. The molecule has 0 saturated heterocycles. The van der Waals surface area contributed by atoms with Gasteiger partial charge in [-0.25, -0.2) is 13.1 Å². The van der Waals surface area contributed by atoms with Crippen LogP contribution in [0.1, 0.15) is 11.6 Å². The Balaban J connectivity index is 2.11. The van der Waals surface area contributed by atoms with E-state index in [0.717, 1.165) is 5.56 Å². The number of aromatic nitrogens is 2. The summed E-state index contributed by atoms with van der Waals surface area (Å²) in [5.41, 5.74) is 1.06. The van der Waals surface area contributed by atoms with Crippen molar-refractivity contribution in [1.29, 1.82) is 0 Å². The molecule has 2 rings (SSSR count). The van der Waals surface area contributed by atoms with Crippen molar-refractivity contribution in [2.75, 3.05) is 20.6 Å². The first-order valence-electron chi connectivity index (χ1n) is 6.20. The van der Waals surface area contributed by atoms with Crippen LogP contribution < -0.4 is 4.72 Å². The molecule has 1 atom stereocenters. The molecule has 0 fully saturated rings. The van der Waals surface area contributed by atoms with Crippen LogP contribution in [0, 0.1) is 0 Å². The number of likely N-dealkylation sites (N-methyl/N-ethyl adjacent to an activating group) is 1. The zero-order chi connectivity index (χ0) is 14.6. The molecular formula is C13H18N4O2S. The Hall–Kier alpha value is -1.70. The fourth-order valence-electron chi connectivity index (χ4n) is 1.93. The molecule has 108 valence electrons. The molecule has 20 heavy (non-hydrogen) atoms. The van der Waals surface area contributed by atoms with Crippen LogP contribution in [0.15, 0.2) is 47.6 Å². The lowest BCUT2D eigenvalue weighted by atomic mass is 10.1. The van der Waals surface area contributed by atoms with Gasteiger partial charge in [-0.1, -0.05) is 30.3 Å². The van der Waals surface area contributed by atoms with Gasteiger partial charge in [0.05, 0.1) is 6.20 Å². The van der Waals surface area contributed by atoms with E-state index in [1.54, 1.807) is 0 Å². The molecule has 0 spiro atoms. The number of sulfonamides is 1. The molecule has 0 aliphatic carbocycles. The first-order chi connectivity index (χ1) is 9.50. The minimum absolute atomic E-state index is 0.0297. The Morgan fingerprint density at radius 3 is 2.55 bits per heavy atom. The summed E-state index contributed by atoms with van der Waals surface area (Å²) in [5, 5.41) is 6.15. The number of nitrogens with one attached hydrogen (secondary N) is 2. The van der Waals surface area contributed by atoms with Crippen LogP contribution >= 0.6 is 0 Å². The smallest absolute Gasteiger partial charge is 0.243 e. The van der Waals surface area contributed by atoms with Crippen LogP contribution in [0.2, 0.25) is 0 Å². The largest absolute Gasteiger partial charge is 0.301 e. The van der Waals surface area contributed by atoms with Gasteiger partial charge in [0.25, 0.3) is 0 Å². The average Bonchev–Trinajstić information content (AvgIpc) is 2.94. The number of nitrogens with zero attached hydrogens (tertiary/aromatic N) is 2. The number of H-pyrrole nitrogens is 1. The normalized spacial score (nSPS) is 13.6. The Bertz CT molecular complexity index is 624. The Morgan fingerprint density at radius 1 is 1.30 bits per heavy atom. The molecule has 1 heterocycles. The Kier molecular flexibility index (Phi) is 4.53. The van der Waals surface area contributed by atoms with Crippen molar-refractivity contribution >= 4 is 10.0 Å². The highest BCUT2D eigenvalue weighted by molar-refractivity contribution is 7.89. The summed E-state index contributed by atoms with van der Waals surface area (Å²) in [6.07, 6.45) is 2.64. The lowest BCUT2D eigenvalue weighted by Gasteiger charge is -2.24. The first-order valence-corrected chi connectivity index (χ1v) is 7.69. The molecular weight excluding hydrogens is 276 g/mol. The third-order valence-electron chi connectivity index (χ3n) is 3.06. The summed E-state index contributed by atoms with van der Waals surface area (Å²) in [6.45, 7) is 0.296. The van der Waals surface area contributed by atoms with Gasteiger partial charge in [-0.15, -0.1) is 0 Å². The van der Waals surface area contributed by atoms with Gasteiger partial charge in [-0.3, -0.25) is 5.10 Å². The molecule has 0 bridgehead atoms. The van der Waals surface area contributed by atoms with E-state index < -0.39 is 10.0 Å². The van der Waals surface area contributed by atoms with E-state index in [0.29, 0.717) is 6.54 Å². The molecule has 1 unspecified atom stereocenters. The van der Waals surface area contributed by atoms with Crippen molar-refractivity contribution in [2.24, 2.45) is 0 Å². The third-order valence-corrected chi connectivity index (χ3v) is 4.45. The highest BCUT2D eigenvalue weighted by Crippen LogP contribution is 2.17. The fraction of sp³-hybridized carbons (Fsp3) is 0.308. The lowest BCUT2D eigenvalue weighted by Crippen LogP contribution is -2.34. The maximum atomic E-state index is 12.1. The molecule has 2 aromatic rings. The topological polar surface area (TPSA) is 78.1 Å². The van der Waals surface area contributed by atoms with Crippen LogP contribution in [-0.2, 0) is 10.0 Å². The summed E-state index contributed by atoms with van der Waals surface area (Å²) < 4.78 is 26.7. The van der Waals surface area contributed by atoms with E-state index >= 15 is 0 Å². The lowest BCUT2D eigenvalue weighted by molar-refractivity contribution is 0.299. The molecule has 1 aromatic carbocycles. The van der Waals surface area contributed by atoms with Gasteiger partial charge in [0.2, 0.25) is 10.0 Å². The van der Waals surface area contributed by atoms with Crippen LogP contribution in [0.25, 0.3) is 0 Å². The number of rotatable bonds is 6. The quantitative estimate of drug-likeness (QED) is 0.833. The zero-order valence-corrected chi connectivity index (χ0v) is 12.3. The second kappa shape index (κ2) is 6.17. The van der Waals surface area contributed by atoms with E-state index in [-0.39, 0.29) is 10.9 Å². The number of hydrogen-bond acceptors (Lipinski definition) is 4. The Labute approximate surface area is 118 Å². The van der Waals surface area contributed by atoms with Crippen LogP contribution in [0.5, 0.6) is 0 Å². The molecule has 1 aromatic heterocycles. The molecule has 0 radical (unpaired) electrons. The highest BCUT2D eigenvalue weighted by atomic mass is 32.2. The maximum Gasteiger partial charge on any atom is 0.243 e. The third kappa shape index (κ3) is 3.44. The standard InChI is InChI=1S/C13H18N4O2S/c1-17(2)13(11-6-4-3-5-7-11)10-16-20(18,19)12-8-14-15-9-12/h3-9,13,16H,10H2,1-2H3,(H,14,15). The zero-order valence-electron chi connectivity index (χ0n) is 11.4. The summed E-state index contributed by atoms with van der Waals surface area (Å²) in [4.78, 5) is 2.12. The molecule has 2 N–H and O–H groups in total. The van der Waals surface area contributed by atoms with E-state index in [1.807, 2.05) is 49.3 Å². The summed E-state index contributed by atoms with van der Waals surface area (Å²) in [6, 6.07) is 9.75. The van der Waals surface area contributed by atoms with Crippen LogP contribution in [-0.4, -0.2) is 44.2 Å². The van der Waals surface area contributed by atoms with Gasteiger partial charge >= 0.3 is 0 Å². The van der Waals surface area contributed by atoms with Crippen LogP contribution in [0.4, 0.5) is 0 Å². The fourth-order valence-corrected chi connectivity index (χ4v) is 2.88. The predicted octanol–water partition coefficient (Wildman–Crippen LogP) is 0.991. The highest BCUT2D eigenvalue weighted by Gasteiger charge is 2.20. The van der Waals surface area contributed by atoms with Gasteiger partial charge in [-0.2, -0.15) is 5.10 Å². The Morgan fingerprint density at radius 2 is 2.00 bits per heavy atom. The van der Waals surface area contributed by atoms with Crippen molar-refractivity contribution < 1.29 is 8.42 Å². The summed E-state index contributed by atoms with van der Waals surface area (Å²) in [7, 11) is 0.317. The molecule has 6 nitrogen and oxygen atoms in total. The van der Waals surface area contributed by atoms with E-state index in [2.05, 4.69) is 14.9 Å². The second-order valence-electron chi connectivity index (χ2n) is 4.68. The van der Waals surface area contributed by atoms with E-state index in [1.165, 1.54) is 12.4 Å². The number of aromatic amines is 1. The van der Waals surface area contributed by atoms with Crippen molar-refractivity contribution in [3.63, 3.8) is 0 Å². The molecule has 7 heteroatoms. The molecule has 0 saturated carbocycles. The van der Waals surface area contributed by atoms with E-state index in [9.17, 15) is 8.42 Å². The molecule has 0 aliphatic heterocycles. The SMILES string of the molecule is CN(C)C(CNS(=O)(=O)c1cn[nH]c1)c1ccccc1. The minimum atomic E-state index is -3.52. The first kappa shape index (κ1) is 14.7. The van der Waals surface area contributed by atoms with Crippen LogP contribution in [0.3, 0.4) is 0 Å². The minimum Gasteiger partial charge on any atom is -0.301 e. The van der Waals surface area contributed by atoms with Gasteiger partial charge < -0.3 is 4.90 Å². The van der Waals surface area contributed by atoms with E-state index in [4.69, 9.17) is 0 Å². The maximum absolute atomic E-state index is 12.1. The summed E-state index contributed by atoms with van der Waals surface area (Å²) >= 11 is 0. The van der Waals surface area contributed by atoms with Gasteiger partial charge in [-0.05, 0) is 19.7 Å². The van der Waals surface area contributed by atoms with Crippen molar-refractivity contribution in [3.05, 3.63) is 48.3 Å². The van der Waals surface area contributed by atoms with Gasteiger partial charge in [0.15, 0.2) is 0 Å². The van der Waals surface area contributed by atoms with Crippen molar-refractivity contribution in [2.45, 2.75) is 10.9 Å². The summed E-state index contributed by atoms with van der Waals surface area (Å²) in [5.74, 6) is 0.